The fourth-order valence-electron chi connectivity index (χ4n) is 5.74. The van der Waals surface area contributed by atoms with E-state index in [0.717, 1.165) is 0 Å². The Bertz CT molecular complexity index is 755. The van der Waals surface area contributed by atoms with Gasteiger partial charge in [0.15, 0.2) is 0 Å². The summed E-state index contributed by atoms with van der Waals surface area (Å²) >= 11 is 0. The van der Waals surface area contributed by atoms with Crippen LogP contribution in [-0.2, 0) is 19.1 Å². The number of imide groups is 2. The molecule has 1 aliphatic carbocycles. The Morgan fingerprint density at radius 1 is 0.889 bits per heavy atom. The number of hydrogen-bond donors (Lipinski definition) is 2. The number of fused-ring (bicyclic) bond motifs is 1. The maximum Gasteiger partial charge on any atom is 0.324 e. The molecular weight excluding hydrogens is 356 g/mol. The number of hydrogen-bond acceptors (Lipinski definition) is 6. The number of esters is 1. The van der Waals surface area contributed by atoms with E-state index in [0.29, 0.717) is 0 Å². The summed E-state index contributed by atoms with van der Waals surface area (Å²) < 4.78 is 4.93. The van der Waals surface area contributed by atoms with E-state index in [1.54, 1.807) is 27.7 Å². The molecule has 0 bridgehead atoms. The number of carbonyl (C=O) groups excluding carboxylic acids is 5. The van der Waals surface area contributed by atoms with E-state index < -0.39 is 70.8 Å². The van der Waals surface area contributed by atoms with Crippen LogP contribution in [0.15, 0.2) is 0 Å². The molecule has 0 spiro atoms. The summed E-state index contributed by atoms with van der Waals surface area (Å²) in [6.45, 7) is 6.65. The van der Waals surface area contributed by atoms with E-state index in [4.69, 9.17) is 4.74 Å². The van der Waals surface area contributed by atoms with Crippen LogP contribution in [0, 0.1) is 16.7 Å². The molecule has 3 saturated heterocycles. The molecule has 0 aromatic rings. The fraction of sp³-hybridized carbons (Fsp3) is 0.706. The number of nitrogens with one attached hydrogen (secondary N) is 2. The average molecular weight is 378 g/mol. The summed E-state index contributed by atoms with van der Waals surface area (Å²) in [6.07, 6.45) is 0. The van der Waals surface area contributed by atoms with Crippen LogP contribution in [0.5, 0.6) is 0 Å². The number of ether oxygens (including phenoxy) is 1. The summed E-state index contributed by atoms with van der Waals surface area (Å²) in [4.78, 5) is 66.4. The predicted octanol–water partition coefficient (Wildman–Crippen LogP) is -0.567. The smallest absolute Gasteiger partial charge is 0.324 e. The van der Waals surface area contributed by atoms with E-state index in [9.17, 15) is 24.0 Å². The normalized spacial score (nSPS) is 45.3. The van der Waals surface area contributed by atoms with Gasteiger partial charge in [-0.25, -0.2) is 9.59 Å². The highest BCUT2D eigenvalue weighted by Gasteiger charge is 2.82. The highest BCUT2D eigenvalue weighted by atomic mass is 16.5. The molecule has 3 heterocycles. The first-order chi connectivity index (χ1) is 12.5. The third-order valence-electron chi connectivity index (χ3n) is 7.40. The van der Waals surface area contributed by atoms with Crippen LogP contribution < -0.4 is 10.6 Å². The molecule has 0 aromatic carbocycles. The summed E-state index contributed by atoms with van der Waals surface area (Å²) in [5, 5.41) is 4.66. The molecule has 6 unspecified atom stereocenters. The van der Waals surface area contributed by atoms with E-state index in [1.165, 1.54) is 16.9 Å². The van der Waals surface area contributed by atoms with Gasteiger partial charge in [0.05, 0.1) is 35.9 Å². The second-order valence-corrected chi connectivity index (χ2v) is 8.16. The quantitative estimate of drug-likeness (QED) is 0.589. The molecule has 0 aromatic heterocycles. The number of methoxy groups -OCH3 is 1. The van der Waals surface area contributed by atoms with Crippen molar-refractivity contribution in [1.29, 1.82) is 0 Å². The van der Waals surface area contributed by atoms with Crippen LogP contribution in [0.1, 0.15) is 27.7 Å². The van der Waals surface area contributed by atoms with Gasteiger partial charge in [-0.05, 0) is 27.7 Å². The maximum absolute atomic E-state index is 12.8. The minimum absolute atomic E-state index is 0.548. The molecule has 6 atom stereocenters. The van der Waals surface area contributed by atoms with Crippen molar-refractivity contribution in [2.24, 2.45) is 16.7 Å². The van der Waals surface area contributed by atoms with Crippen LogP contribution in [0.25, 0.3) is 0 Å². The number of amides is 6. The van der Waals surface area contributed by atoms with Crippen molar-refractivity contribution in [2.75, 3.05) is 7.11 Å². The summed E-state index contributed by atoms with van der Waals surface area (Å²) in [6, 6.07) is -3.93. The van der Waals surface area contributed by atoms with Gasteiger partial charge < -0.3 is 14.5 Å². The largest absolute Gasteiger partial charge is 0.469 e. The van der Waals surface area contributed by atoms with Crippen LogP contribution in [0.4, 0.5) is 9.59 Å². The number of nitrogens with zero attached hydrogens (tertiary/aromatic N) is 2. The van der Waals surface area contributed by atoms with Crippen molar-refractivity contribution in [3.05, 3.63) is 0 Å². The minimum atomic E-state index is -1.23. The van der Waals surface area contributed by atoms with Crippen LogP contribution >= 0.6 is 0 Å². The Morgan fingerprint density at radius 2 is 1.26 bits per heavy atom. The molecule has 146 valence electrons. The van der Waals surface area contributed by atoms with Crippen molar-refractivity contribution >= 4 is 29.8 Å². The summed E-state index contributed by atoms with van der Waals surface area (Å²) in [5.74, 6) is -2.48. The Morgan fingerprint density at radius 3 is 1.59 bits per heavy atom. The van der Waals surface area contributed by atoms with Crippen LogP contribution in [0.2, 0.25) is 0 Å². The molecule has 10 heteroatoms. The Labute approximate surface area is 155 Å². The summed E-state index contributed by atoms with van der Waals surface area (Å²) in [7, 11) is 1.25. The average Bonchev–Trinajstić information content (AvgIpc) is 2.70. The van der Waals surface area contributed by atoms with Crippen LogP contribution in [-0.4, -0.2) is 70.9 Å². The lowest BCUT2D eigenvalue weighted by Gasteiger charge is -2.71. The Balaban J connectivity index is 1.97. The third-order valence-corrected chi connectivity index (χ3v) is 7.40. The number of carbonyl (C=O) groups is 5. The Hall–Kier alpha value is -2.65. The van der Waals surface area contributed by atoms with Gasteiger partial charge >= 0.3 is 18.0 Å². The van der Waals surface area contributed by atoms with E-state index in [1.807, 2.05) is 0 Å². The highest BCUT2D eigenvalue weighted by Crippen LogP contribution is 2.64. The van der Waals surface area contributed by atoms with Gasteiger partial charge in [-0.15, -0.1) is 0 Å². The molecule has 1 saturated carbocycles. The highest BCUT2D eigenvalue weighted by molar-refractivity contribution is 6.11. The number of urea groups is 2. The SMILES string of the molecule is COC(=O)C1C(C)N2C(=O)NC(=O)C3(C)C2C2N(C(=O)NC(=O)C23C)C1C. The lowest BCUT2D eigenvalue weighted by molar-refractivity contribution is -0.212. The van der Waals surface area contributed by atoms with E-state index in [2.05, 4.69) is 10.6 Å². The second kappa shape index (κ2) is 4.99. The van der Waals surface area contributed by atoms with E-state index >= 15 is 0 Å². The lowest BCUT2D eigenvalue weighted by Crippen LogP contribution is -2.91. The van der Waals surface area contributed by atoms with Gasteiger partial charge in [0.1, 0.15) is 0 Å². The molecule has 3 aliphatic heterocycles. The zero-order chi connectivity index (χ0) is 20.0. The summed E-state index contributed by atoms with van der Waals surface area (Å²) in [5.41, 5.74) is -2.46. The van der Waals surface area contributed by atoms with Gasteiger partial charge in [0.25, 0.3) is 0 Å². The van der Waals surface area contributed by atoms with Gasteiger partial charge in [-0.1, -0.05) is 0 Å². The molecule has 4 rings (SSSR count). The van der Waals surface area contributed by atoms with Crippen molar-refractivity contribution in [3.63, 3.8) is 0 Å². The first-order valence-electron chi connectivity index (χ1n) is 8.88. The second-order valence-electron chi connectivity index (χ2n) is 8.16. The zero-order valence-corrected chi connectivity index (χ0v) is 15.7. The molecule has 4 fully saturated rings. The minimum Gasteiger partial charge on any atom is -0.469 e. The number of rotatable bonds is 1. The maximum atomic E-state index is 12.8. The van der Waals surface area contributed by atoms with Gasteiger partial charge in [-0.3, -0.25) is 25.0 Å². The molecule has 10 nitrogen and oxygen atoms in total. The van der Waals surface area contributed by atoms with Crippen molar-refractivity contribution in [2.45, 2.75) is 51.9 Å². The van der Waals surface area contributed by atoms with Crippen molar-refractivity contribution in [3.8, 4) is 0 Å². The molecular formula is C17H22N4O6. The third kappa shape index (κ3) is 1.65. The molecule has 0 radical (unpaired) electrons. The lowest BCUT2D eigenvalue weighted by atomic mass is 9.42. The van der Waals surface area contributed by atoms with Crippen molar-refractivity contribution < 1.29 is 28.7 Å². The first kappa shape index (κ1) is 17.7. The topological polar surface area (TPSA) is 125 Å². The Kier molecular flexibility index (Phi) is 3.28. The standard InChI is InChI=1S/C17H22N4O6/c1-6-8(11(22)27-5)7(2)21-10-9-16(3,12(23)18-14(25)20(6)9)17(10,4)13(24)19-15(21)26/h6-10H,1-5H3,(H,18,23,25)(H,19,24,26). The zero-order valence-electron chi connectivity index (χ0n) is 15.7. The monoisotopic (exact) mass is 378 g/mol. The molecule has 27 heavy (non-hydrogen) atoms. The van der Waals surface area contributed by atoms with Gasteiger partial charge in [0.2, 0.25) is 11.8 Å². The molecule has 4 aliphatic rings. The van der Waals surface area contributed by atoms with E-state index in [-0.39, 0.29) is 0 Å². The first-order valence-corrected chi connectivity index (χ1v) is 8.88. The van der Waals surface area contributed by atoms with Gasteiger partial charge in [-0.2, -0.15) is 0 Å². The molecule has 6 amide bonds. The molecule has 2 N–H and O–H groups in total. The van der Waals surface area contributed by atoms with Crippen molar-refractivity contribution in [1.82, 2.24) is 20.4 Å². The fourth-order valence-corrected chi connectivity index (χ4v) is 5.74. The van der Waals surface area contributed by atoms with Gasteiger partial charge in [0, 0.05) is 12.1 Å². The predicted molar refractivity (Wildman–Crippen MR) is 89.0 cm³/mol. The van der Waals surface area contributed by atoms with Crippen LogP contribution in [0.3, 0.4) is 0 Å².